The summed E-state index contributed by atoms with van der Waals surface area (Å²) in [7, 11) is 0. The van der Waals surface area contributed by atoms with Crippen LogP contribution in [0.15, 0.2) is 23.5 Å². The molecule has 4 rings (SSSR count). The lowest BCUT2D eigenvalue weighted by Crippen LogP contribution is -2.68. The second kappa shape index (κ2) is 7.78. The standard InChI is InChI=1S/C27H39FO4/c1-7-32-17(4)12-22(30)24-16(3)11-20-21-10-15(2)19-13-18(29)8-9-26(19,6)27(21,28)23(31)14-25(20,24)5/h12-13,15-16,20-21,23-24,31H,7-11,14H2,1-6H3/t15-,16+,20-,21-,23-,24-,25-,26-,27-/m0/s1. The van der Waals surface area contributed by atoms with Gasteiger partial charge in [0.05, 0.1) is 18.5 Å². The topological polar surface area (TPSA) is 63.6 Å². The molecule has 0 spiro atoms. The number of carbonyl (C=O) groups is 2. The van der Waals surface area contributed by atoms with Gasteiger partial charge in [0.2, 0.25) is 0 Å². The molecule has 0 heterocycles. The number of alkyl halides is 1. The molecule has 0 saturated heterocycles. The highest BCUT2D eigenvalue weighted by atomic mass is 19.1. The molecule has 0 radical (unpaired) electrons. The maximum Gasteiger partial charge on any atom is 0.162 e. The lowest BCUT2D eigenvalue weighted by atomic mass is 9.43. The zero-order valence-electron chi connectivity index (χ0n) is 20.4. The molecule has 4 nitrogen and oxygen atoms in total. The van der Waals surface area contributed by atoms with E-state index in [1.807, 2.05) is 13.8 Å². The summed E-state index contributed by atoms with van der Waals surface area (Å²) in [6.45, 7) is 12.4. The van der Waals surface area contributed by atoms with Gasteiger partial charge in [0, 0.05) is 29.7 Å². The van der Waals surface area contributed by atoms with Crippen LogP contribution < -0.4 is 0 Å². The van der Waals surface area contributed by atoms with Crippen LogP contribution in [0.1, 0.15) is 73.6 Å². The highest BCUT2D eigenvalue weighted by Crippen LogP contribution is 2.71. The lowest BCUT2D eigenvalue weighted by Gasteiger charge is -2.64. The molecule has 0 aromatic carbocycles. The molecule has 9 atom stereocenters. The van der Waals surface area contributed by atoms with Gasteiger partial charge in [0.25, 0.3) is 0 Å². The fourth-order valence-electron chi connectivity index (χ4n) is 8.50. The van der Waals surface area contributed by atoms with Crippen molar-refractivity contribution in [3.8, 4) is 0 Å². The predicted molar refractivity (Wildman–Crippen MR) is 121 cm³/mol. The molecule has 3 saturated carbocycles. The molecule has 0 aromatic heterocycles. The maximum absolute atomic E-state index is 17.3. The highest BCUT2D eigenvalue weighted by Gasteiger charge is 2.72. The van der Waals surface area contributed by atoms with Crippen LogP contribution >= 0.6 is 0 Å². The highest BCUT2D eigenvalue weighted by molar-refractivity contribution is 5.93. The lowest BCUT2D eigenvalue weighted by molar-refractivity contribution is -0.213. The second-order valence-electron chi connectivity index (χ2n) is 11.5. The van der Waals surface area contributed by atoms with Crippen molar-refractivity contribution in [2.75, 3.05) is 6.61 Å². The third-order valence-electron chi connectivity index (χ3n) is 9.73. The van der Waals surface area contributed by atoms with Crippen LogP contribution in [0, 0.1) is 40.4 Å². The van der Waals surface area contributed by atoms with Crippen molar-refractivity contribution in [1.29, 1.82) is 0 Å². The molecule has 4 aliphatic rings. The molecule has 5 heteroatoms. The number of hydrogen-bond donors (Lipinski definition) is 1. The number of halogens is 1. The molecule has 0 unspecified atom stereocenters. The fourth-order valence-corrected chi connectivity index (χ4v) is 8.50. The van der Waals surface area contributed by atoms with Crippen molar-refractivity contribution in [2.24, 2.45) is 40.4 Å². The second-order valence-corrected chi connectivity index (χ2v) is 11.5. The first-order valence-corrected chi connectivity index (χ1v) is 12.4. The fraction of sp³-hybridized carbons (Fsp3) is 0.778. The minimum atomic E-state index is -1.77. The normalized spacial score (nSPS) is 48.4. The van der Waals surface area contributed by atoms with Crippen LogP contribution in [0.3, 0.4) is 0 Å². The zero-order chi connectivity index (χ0) is 23.6. The molecule has 0 aromatic rings. The molecular formula is C27H39FO4. The van der Waals surface area contributed by atoms with E-state index < -0.39 is 22.6 Å². The first-order chi connectivity index (χ1) is 14.9. The largest absolute Gasteiger partial charge is 0.498 e. The number of allylic oxidation sites excluding steroid dienone is 3. The number of carbonyl (C=O) groups excluding carboxylic acids is 2. The van der Waals surface area contributed by atoms with E-state index in [2.05, 4.69) is 20.8 Å². The Kier molecular flexibility index (Phi) is 5.76. The van der Waals surface area contributed by atoms with E-state index in [0.717, 1.165) is 12.0 Å². The van der Waals surface area contributed by atoms with Crippen molar-refractivity contribution in [3.05, 3.63) is 23.5 Å². The Morgan fingerprint density at radius 3 is 2.62 bits per heavy atom. The summed E-state index contributed by atoms with van der Waals surface area (Å²) in [5, 5.41) is 11.4. The summed E-state index contributed by atoms with van der Waals surface area (Å²) < 4.78 is 22.8. The van der Waals surface area contributed by atoms with E-state index in [-0.39, 0.29) is 47.6 Å². The summed E-state index contributed by atoms with van der Waals surface area (Å²) in [5.41, 5.74) is -2.18. The van der Waals surface area contributed by atoms with E-state index in [1.165, 1.54) is 0 Å². The first-order valence-electron chi connectivity index (χ1n) is 12.4. The number of hydrogen-bond acceptors (Lipinski definition) is 4. The van der Waals surface area contributed by atoms with Gasteiger partial charge in [0.1, 0.15) is 5.67 Å². The number of aliphatic hydroxyl groups excluding tert-OH is 1. The zero-order valence-corrected chi connectivity index (χ0v) is 20.4. The van der Waals surface area contributed by atoms with Crippen molar-refractivity contribution in [3.63, 3.8) is 0 Å². The van der Waals surface area contributed by atoms with Crippen molar-refractivity contribution in [2.45, 2.75) is 85.4 Å². The summed E-state index contributed by atoms with van der Waals surface area (Å²) in [4.78, 5) is 25.5. The monoisotopic (exact) mass is 446 g/mol. The van der Waals surface area contributed by atoms with Crippen LogP contribution in [0.4, 0.5) is 4.39 Å². The molecule has 1 N–H and O–H groups in total. The van der Waals surface area contributed by atoms with Crippen LogP contribution in [0.25, 0.3) is 0 Å². The Labute approximate surface area is 191 Å². The molecule has 4 aliphatic carbocycles. The molecule has 3 fully saturated rings. The number of ketones is 2. The van der Waals surface area contributed by atoms with Gasteiger partial charge < -0.3 is 9.84 Å². The smallest absolute Gasteiger partial charge is 0.162 e. The number of fused-ring (bicyclic) bond motifs is 5. The maximum atomic E-state index is 17.3. The predicted octanol–water partition coefficient (Wildman–Crippen LogP) is 5.20. The average Bonchev–Trinajstić information content (AvgIpc) is 2.96. The third-order valence-corrected chi connectivity index (χ3v) is 9.73. The molecular weight excluding hydrogens is 407 g/mol. The Balaban J connectivity index is 1.75. The van der Waals surface area contributed by atoms with E-state index >= 15 is 4.39 Å². The van der Waals surface area contributed by atoms with E-state index in [9.17, 15) is 14.7 Å². The Bertz CT molecular complexity index is 877. The summed E-state index contributed by atoms with van der Waals surface area (Å²) >= 11 is 0. The van der Waals surface area contributed by atoms with Crippen LogP contribution in [-0.2, 0) is 14.3 Å². The van der Waals surface area contributed by atoms with Crippen LogP contribution in [0.5, 0.6) is 0 Å². The van der Waals surface area contributed by atoms with Gasteiger partial charge in [-0.15, -0.1) is 0 Å². The van der Waals surface area contributed by atoms with E-state index in [4.69, 9.17) is 4.74 Å². The van der Waals surface area contributed by atoms with Gasteiger partial charge >= 0.3 is 0 Å². The van der Waals surface area contributed by atoms with Crippen molar-refractivity contribution < 1.29 is 23.8 Å². The molecule has 0 bridgehead atoms. The SMILES string of the molecule is CCOC(C)=CC(=O)[C@@H]1[C@H](C)C[C@H]2[C@@H]3C[C@H](C)C4=CC(=O)CC[C@]4(C)[C@@]3(F)[C@@H](O)C[C@]12C. The Hall–Kier alpha value is -1.49. The van der Waals surface area contributed by atoms with E-state index in [1.54, 1.807) is 19.1 Å². The van der Waals surface area contributed by atoms with Crippen molar-refractivity contribution >= 4 is 11.6 Å². The van der Waals surface area contributed by atoms with E-state index in [0.29, 0.717) is 31.6 Å². The van der Waals surface area contributed by atoms with Gasteiger partial charge in [-0.1, -0.05) is 33.3 Å². The van der Waals surface area contributed by atoms with Gasteiger partial charge in [0.15, 0.2) is 11.6 Å². The number of aliphatic hydroxyl groups is 1. The first kappa shape index (κ1) is 23.7. The minimum absolute atomic E-state index is 0.0269. The molecule has 178 valence electrons. The van der Waals surface area contributed by atoms with Crippen LogP contribution in [-0.4, -0.2) is 35.1 Å². The van der Waals surface area contributed by atoms with Gasteiger partial charge in [-0.3, -0.25) is 9.59 Å². The van der Waals surface area contributed by atoms with Crippen LogP contribution in [0.2, 0.25) is 0 Å². The molecule has 32 heavy (non-hydrogen) atoms. The third kappa shape index (κ3) is 3.09. The number of ether oxygens (including phenoxy) is 1. The minimum Gasteiger partial charge on any atom is -0.498 e. The summed E-state index contributed by atoms with van der Waals surface area (Å²) in [6, 6.07) is 0. The molecule has 0 aliphatic heterocycles. The van der Waals surface area contributed by atoms with Gasteiger partial charge in [-0.25, -0.2) is 4.39 Å². The summed E-state index contributed by atoms with van der Waals surface area (Å²) in [5.74, 6) is 0.369. The van der Waals surface area contributed by atoms with Crippen molar-refractivity contribution in [1.82, 2.24) is 0 Å². The quantitative estimate of drug-likeness (QED) is 0.476. The molecule has 0 amide bonds. The summed E-state index contributed by atoms with van der Waals surface area (Å²) in [6.07, 6.45) is 4.57. The Morgan fingerprint density at radius 1 is 1.28 bits per heavy atom. The Morgan fingerprint density at radius 2 is 1.97 bits per heavy atom. The van der Waals surface area contributed by atoms with Gasteiger partial charge in [-0.2, -0.15) is 0 Å². The van der Waals surface area contributed by atoms with Gasteiger partial charge in [-0.05, 0) is 68.8 Å². The number of rotatable bonds is 4. The average molecular weight is 447 g/mol.